The molecule has 7 rings (SSSR count). The average molecular weight is 1120 g/mol. The SMILES string of the molecule is CNC(C)C(=O)NC(CCCCNC(=O)c1cccc(C(=O)NCCCCC(NC(=O)C(C)NC)C(=O)N2CCCC2Cn2nnnc2Sc2ccccc2)c1)C(=O)N1CCCC1CN1N=CCC(C)N=C1Sc1ccccc1. The average Bonchev–Trinajstić information content (AvgIpc) is 4.28. The zero-order chi connectivity index (χ0) is 56.1. The molecule has 3 aromatic carbocycles. The van der Waals surface area contributed by atoms with E-state index in [1.54, 1.807) is 68.7 Å². The monoisotopic (exact) mass is 1120 g/mol. The predicted molar refractivity (Wildman–Crippen MR) is 307 cm³/mol. The summed E-state index contributed by atoms with van der Waals surface area (Å²) in [5.41, 5.74) is 0.651. The summed E-state index contributed by atoms with van der Waals surface area (Å²) in [5, 5.41) is 38.2. The fraction of sp³-hybridized carbons (Fsp3) is 0.518. The van der Waals surface area contributed by atoms with Crippen molar-refractivity contribution in [2.75, 3.05) is 46.8 Å². The first kappa shape index (κ1) is 60.0. The van der Waals surface area contributed by atoms with E-state index in [2.05, 4.69) is 54.3 Å². The fourth-order valence-electron chi connectivity index (χ4n) is 9.59. The number of carbonyl (C=O) groups is 6. The molecule has 4 aromatic rings. The number of hydrogen-bond acceptors (Lipinski definition) is 16. The number of nitrogens with one attached hydrogen (secondary N) is 6. The second kappa shape index (κ2) is 30.6. The summed E-state index contributed by atoms with van der Waals surface area (Å²) < 4.78 is 1.73. The van der Waals surface area contributed by atoms with Gasteiger partial charge >= 0.3 is 0 Å². The second-order valence-electron chi connectivity index (χ2n) is 20.2. The molecule has 0 radical (unpaired) electrons. The Labute approximate surface area is 472 Å². The molecule has 2 fully saturated rings. The predicted octanol–water partition coefficient (Wildman–Crippen LogP) is 4.72. The summed E-state index contributed by atoms with van der Waals surface area (Å²) in [5.74, 6) is -1.53. The second-order valence-corrected chi connectivity index (χ2v) is 22.3. The van der Waals surface area contributed by atoms with Crippen LogP contribution in [0.5, 0.6) is 0 Å². The van der Waals surface area contributed by atoms with E-state index in [4.69, 9.17) is 10.1 Å². The van der Waals surface area contributed by atoms with Gasteiger partial charge < -0.3 is 41.7 Å². The number of benzene rings is 3. The van der Waals surface area contributed by atoms with Crippen molar-refractivity contribution >= 4 is 70.3 Å². The van der Waals surface area contributed by atoms with Crippen LogP contribution in [0.25, 0.3) is 0 Å². The van der Waals surface area contributed by atoms with Crippen LogP contribution < -0.4 is 31.9 Å². The van der Waals surface area contributed by atoms with Crippen LogP contribution in [0.2, 0.25) is 0 Å². The third-order valence-electron chi connectivity index (χ3n) is 14.4. The maximum Gasteiger partial charge on any atom is 0.251 e. The number of amides is 6. The van der Waals surface area contributed by atoms with Crippen molar-refractivity contribution in [2.24, 2.45) is 10.1 Å². The van der Waals surface area contributed by atoms with Gasteiger partial charge in [0.15, 0.2) is 5.17 Å². The summed E-state index contributed by atoms with van der Waals surface area (Å²) in [6.07, 6.45) is 8.76. The molecule has 1 aromatic heterocycles. The lowest BCUT2D eigenvalue weighted by molar-refractivity contribution is -0.138. The standard InChI is InChI=1S/C56H77N15O6S2/c1-38-29-32-61-70(55(62-38)78-45-23-8-6-9-24-45)36-43-21-17-33-68(43)53(76)47(63-49(72)39(2)57-4)27-12-14-30-59-51(74)41-19-16-20-42(35-41)52(75)60-31-15-13-28-48(64-50(73)40(3)58-5)54(77)69-34-18-22-44(69)37-71-56(65-66-67-71)79-46-25-10-7-11-26-46/h6-11,16,19-20,23-26,32,35,38-40,43-44,47-48,57-58H,12-15,17-18,21-22,27-31,33-34,36-37H2,1-5H3,(H,59,74)(H,60,75)(H,63,72)(H,64,73). The Morgan fingerprint density at radius 3 is 1.71 bits per heavy atom. The Hall–Kier alpha value is -6.69. The van der Waals surface area contributed by atoms with Crippen LogP contribution in [0, 0.1) is 0 Å². The lowest BCUT2D eigenvalue weighted by Gasteiger charge is -2.32. The number of amidine groups is 1. The largest absolute Gasteiger partial charge is 0.352 e. The van der Waals surface area contributed by atoms with Crippen LogP contribution >= 0.6 is 23.5 Å². The molecule has 3 aliphatic rings. The number of aromatic nitrogens is 4. The van der Waals surface area contributed by atoms with Crippen molar-refractivity contribution in [3.05, 3.63) is 96.1 Å². The van der Waals surface area contributed by atoms with E-state index in [1.807, 2.05) is 81.7 Å². The van der Waals surface area contributed by atoms with Gasteiger partial charge in [0.2, 0.25) is 28.8 Å². The highest BCUT2D eigenvalue weighted by atomic mass is 32.2. The van der Waals surface area contributed by atoms with Crippen LogP contribution in [0.15, 0.2) is 110 Å². The van der Waals surface area contributed by atoms with Gasteiger partial charge in [0.25, 0.3) is 11.8 Å². The van der Waals surface area contributed by atoms with E-state index < -0.39 is 24.2 Å². The minimum absolute atomic E-state index is 0.0632. The number of hydrogen-bond donors (Lipinski definition) is 6. The maximum atomic E-state index is 14.4. The van der Waals surface area contributed by atoms with Crippen LogP contribution in [0.4, 0.5) is 0 Å². The third-order valence-corrected chi connectivity index (χ3v) is 16.4. The number of nitrogens with zero attached hydrogens (tertiary/aromatic N) is 9. The van der Waals surface area contributed by atoms with Gasteiger partial charge in [-0.25, -0.2) is 9.69 Å². The molecule has 21 nitrogen and oxygen atoms in total. The Morgan fingerprint density at radius 2 is 1.18 bits per heavy atom. The topological polar surface area (TPSA) is 253 Å². The van der Waals surface area contributed by atoms with E-state index in [9.17, 15) is 28.8 Å². The first-order valence-corrected chi connectivity index (χ1v) is 29.3. The molecule has 3 aliphatic heterocycles. The zero-order valence-electron chi connectivity index (χ0n) is 46.0. The normalized spacial score (nSPS) is 18.7. The molecule has 23 heteroatoms. The fourth-order valence-corrected chi connectivity index (χ4v) is 11.4. The van der Waals surface area contributed by atoms with Gasteiger partial charge in [0.1, 0.15) is 12.1 Å². The minimum atomic E-state index is -0.768. The van der Waals surface area contributed by atoms with E-state index in [0.29, 0.717) is 100 Å². The van der Waals surface area contributed by atoms with Crippen LogP contribution in [-0.4, -0.2) is 171 Å². The Bertz CT molecular complexity index is 2710. The number of hydrazone groups is 1. The Balaban J connectivity index is 0.871. The molecule has 0 saturated carbocycles. The first-order valence-electron chi connectivity index (χ1n) is 27.6. The van der Waals surface area contributed by atoms with Crippen molar-refractivity contribution in [1.82, 2.24) is 66.9 Å². The van der Waals surface area contributed by atoms with E-state index in [1.165, 1.54) is 11.8 Å². The third kappa shape index (κ3) is 17.7. The maximum absolute atomic E-state index is 14.4. The summed E-state index contributed by atoms with van der Waals surface area (Å²) in [6.45, 7) is 8.20. The molecule has 2 saturated heterocycles. The number of tetrazole rings is 1. The number of carbonyl (C=O) groups excluding carboxylic acids is 6. The minimum Gasteiger partial charge on any atom is -0.352 e. The molecule has 7 atom stereocenters. The Kier molecular flexibility index (Phi) is 23.2. The quantitative estimate of drug-likeness (QED) is 0.0443. The Morgan fingerprint density at radius 1 is 0.658 bits per heavy atom. The molecule has 424 valence electrons. The lowest BCUT2D eigenvalue weighted by atomic mass is 10.1. The molecule has 6 N–H and O–H groups in total. The molecule has 7 unspecified atom stereocenters. The number of likely N-dealkylation sites (N-methyl/N-ethyl adjacent to an activating group) is 2. The molecule has 4 heterocycles. The first-order chi connectivity index (χ1) is 38.3. The van der Waals surface area contributed by atoms with Crippen molar-refractivity contribution in [3.63, 3.8) is 0 Å². The molecule has 0 spiro atoms. The van der Waals surface area contributed by atoms with Gasteiger partial charge in [-0.1, -0.05) is 54.2 Å². The molecular formula is C56H77N15O6S2. The van der Waals surface area contributed by atoms with Gasteiger partial charge in [-0.2, -0.15) is 5.10 Å². The number of unbranched alkanes of at least 4 members (excludes halogenated alkanes) is 2. The number of aliphatic imine (C=N–C) groups is 1. The molecule has 6 amide bonds. The van der Waals surface area contributed by atoms with Crippen molar-refractivity contribution in [1.29, 1.82) is 0 Å². The summed E-state index contributed by atoms with van der Waals surface area (Å²) in [4.78, 5) is 92.4. The van der Waals surface area contributed by atoms with Gasteiger partial charge in [-0.05, 0) is 164 Å². The van der Waals surface area contributed by atoms with Gasteiger partial charge in [0, 0.05) is 59.7 Å². The van der Waals surface area contributed by atoms with Gasteiger partial charge in [-0.15, -0.1) is 5.10 Å². The molecule has 79 heavy (non-hydrogen) atoms. The molecule has 0 bridgehead atoms. The molecular weight excluding hydrogens is 1040 g/mol. The zero-order valence-corrected chi connectivity index (χ0v) is 47.6. The van der Waals surface area contributed by atoms with Crippen molar-refractivity contribution in [2.45, 2.75) is 155 Å². The highest BCUT2D eigenvalue weighted by Gasteiger charge is 2.37. The number of thioether (sulfide) groups is 1. The van der Waals surface area contributed by atoms with E-state index in [0.717, 1.165) is 40.6 Å². The lowest BCUT2D eigenvalue weighted by Crippen LogP contribution is -2.54. The van der Waals surface area contributed by atoms with E-state index in [-0.39, 0.29) is 53.6 Å². The van der Waals surface area contributed by atoms with Gasteiger partial charge in [0.05, 0.1) is 43.3 Å². The molecule has 0 aliphatic carbocycles. The van der Waals surface area contributed by atoms with Crippen LogP contribution in [0.1, 0.15) is 112 Å². The number of likely N-dealkylation sites (tertiary alicyclic amines) is 2. The van der Waals surface area contributed by atoms with Crippen molar-refractivity contribution in [3.8, 4) is 0 Å². The van der Waals surface area contributed by atoms with Gasteiger partial charge in [-0.3, -0.25) is 33.8 Å². The summed E-state index contributed by atoms with van der Waals surface area (Å²) >= 11 is 3.01. The van der Waals surface area contributed by atoms with Crippen LogP contribution in [-0.2, 0) is 25.7 Å². The highest BCUT2D eigenvalue weighted by Crippen LogP contribution is 2.29. The summed E-state index contributed by atoms with van der Waals surface area (Å²) in [6, 6.07) is 23.6. The smallest absolute Gasteiger partial charge is 0.251 e. The van der Waals surface area contributed by atoms with E-state index >= 15 is 0 Å². The number of rotatable bonds is 27. The van der Waals surface area contributed by atoms with Crippen LogP contribution in [0.3, 0.4) is 0 Å². The highest BCUT2D eigenvalue weighted by molar-refractivity contribution is 8.13. The summed E-state index contributed by atoms with van der Waals surface area (Å²) in [7, 11) is 3.39. The van der Waals surface area contributed by atoms with Crippen molar-refractivity contribution < 1.29 is 28.8 Å².